The van der Waals surface area contributed by atoms with Gasteiger partial charge in [0.05, 0.1) is 19.6 Å². The highest BCUT2D eigenvalue weighted by molar-refractivity contribution is 6.30. The largest absolute Gasteiger partial charge is 0.370 e. The Morgan fingerprint density at radius 1 is 1.12 bits per heavy atom. The fraction of sp³-hybridized carbons (Fsp3) is 0.381. The number of fused-ring (bicyclic) bond motifs is 1. The smallest absolute Gasteiger partial charge is 0.227 e. The van der Waals surface area contributed by atoms with Crippen molar-refractivity contribution < 1.29 is 9.53 Å². The summed E-state index contributed by atoms with van der Waals surface area (Å²) < 4.78 is 5.86. The van der Waals surface area contributed by atoms with Crippen molar-refractivity contribution in [3.05, 3.63) is 69.7 Å². The lowest BCUT2D eigenvalue weighted by Crippen LogP contribution is -2.43. The van der Waals surface area contributed by atoms with E-state index in [9.17, 15) is 4.79 Å². The molecule has 1 aliphatic carbocycles. The van der Waals surface area contributed by atoms with Crippen LogP contribution in [-0.2, 0) is 28.8 Å². The first-order valence-corrected chi connectivity index (χ1v) is 9.32. The van der Waals surface area contributed by atoms with Crippen molar-refractivity contribution in [3.8, 4) is 0 Å². The Morgan fingerprint density at radius 2 is 1.92 bits per heavy atom. The maximum absolute atomic E-state index is 12.7. The molecule has 0 radical (unpaired) electrons. The summed E-state index contributed by atoms with van der Waals surface area (Å²) in [7, 11) is 0. The van der Waals surface area contributed by atoms with Gasteiger partial charge in [-0.3, -0.25) is 4.79 Å². The zero-order chi connectivity index (χ0) is 17.2. The molecule has 1 atom stereocenters. The van der Waals surface area contributed by atoms with Crippen LogP contribution in [-0.4, -0.2) is 30.5 Å². The van der Waals surface area contributed by atoms with E-state index in [-0.39, 0.29) is 12.0 Å². The molecule has 0 spiro atoms. The van der Waals surface area contributed by atoms with E-state index in [2.05, 4.69) is 18.2 Å². The number of ether oxygens (including phenoxy) is 1. The Labute approximate surface area is 153 Å². The molecule has 1 aliphatic heterocycles. The van der Waals surface area contributed by atoms with Gasteiger partial charge in [0.2, 0.25) is 5.91 Å². The van der Waals surface area contributed by atoms with Gasteiger partial charge in [0, 0.05) is 11.6 Å². The number of morpholine rings is 1. The fourth-order valence-corrected chi connectivity index (χ4v) is 3.90. The van der Waals surface area contributed by atoms with Gasteiger partial charge in [-0.1, -0.05) is 41.9 Å². The van der Waals surface area contributed by atoms with Gasteiger partial charge in [-0.2, -0.15) is 0 Å². The Bertz CT molecular complexity index is 772. The van der Waals surface area contributed by atoms with Crippen LogP contribution in [0.1, 0.15) is 34.8 Å². The highest BCUT2D eigenvalue weighted by atomic mass is 35.5. The number of halogens is 1. The zero-order valence-corrected chi connectivity index (χ0v) is 15.0. The molecule has 1 amide bonds. The van der Waals surface area contributed by atoms with E-state index in [1.165, 1.54) is 24.0 Å². The van der Waals surface area contributed by atoms with Gasteiger partial charge in [-0.05, 0) is 53.6 Å². The average Bonchev–Trinajstić information content (AvgIpc) is 3.10. The second-order valence-electron chi connectivity index (χ2n) is 6.88. The molecule has 0 N–H and O–H groups in total. The third-order valence-corrected chi connectivity index (χ3v) is 5.43. The first-order valence-electron chi connectivity index (χ1n) is 8.94. The lowest BCUT2D eigenvalue weighted by molar-refractivity contribution is -0.138. The molecule has 1 heterocycles. The topological polar surface area (TPSA) is 29.5 Å². The Balaban J connectivity index is 1.42. The Hall–Kier alpha value is -1.84. The van der Waals surface area contributed by atoms with Crippen molar-refractivity contribution in [3.63, 3.8) is 0 Å². The predicted molar refractivity (Wildman–Crippen MR) is 98.9 cm³/mol. The summed E-state index contributed by atoms with van der Waals surface area (Å²) in [6.07, 6.45) is 3.96. The summed E-state index contributed by atoms with van der Waals surface area (Å²) in [5.41, 5.74) is 5.07. The molecule has 0 saturated carbocycles. The third kappa shape index (κ3) is 3.73. The first-order chi connectivity index (χ1) is 12.2. The minimum atomic E-state index is -0.0741. The van der Waals surface area contributed by atoms with Crippen LogP contribution >= 0.6 is 11.6 Å². The number of benzene rings is 2. The lowest BCUT2D eigenvalue weighted by atomic mass is 10.0. The van der Waals surface area contributed by atoms with Gasteiger partial charge in [-0.25, -0.2) is 0 Å². The van der Waals surface area contributed by atoms with E-state index < -0.39 is 0 Å². The number of hydrogen-bond acceptors (Lipinski definition) is 2. The highest BCUT2D eigenvalue weighted by Crippen LogP contribution is 2.25. The van der Waals surface area contributed by atoms with Crippen molar-refractivity contribution in [2.75, 3.05) is 19.7 Å². The summed E-state index contributed by atoms with van der Waals surface area (Å²) in [6, 6.07) is 14.2. The molecule has 2 aromatic rings. The van der Waals surface area contributed by atoms with Gasteiger partial charge < -0.3 is 9.64 Å². The number of carbonyl (C=O) groups is 1. The predicted octanol–water partition coefficient (Wildman–Crippen LogP) is 3.97. The van der Waals surface area contributed by atoms with Crippen molar-refractivity contribution in [1.82, 2.24) is 4.90 Å². The van der Waals surface area contributed by atoms with Gasteiger partial charge in [0.25, 0.3) is 0 Å². The molecule has 1 unspecified atom stereocenters. The van der Waals surface area contributed by atoms with E-state index in [1.807, 2.05) is 29.2 Å². The van der Waals surface area contributed by atoms with Crippen LogP contribution in [0.4, 0.5) is 0 Å². The van der Waals surface area contributed by atoms with Gasteiger partial charge >= 0.3 is 0 Å². The van der Waals surface area contributed by atoms with Crippen molar-refractivity contribution in [1.29, 1.82) is 0 Å². The first kappa shape index (κ1) is 16.6. The maximum atomic E-state index is 12.7. The summed E-state index contributed by atoms with van der Waals surface area (Å²) >= 11 is 5.95. The fourth-order valence-electron chi connectivity index (χ4n) is 3.78. The minimum absolute atomic E-state index is 0.0741. The third-order valence-electron chi connectivity index (χ3n) is 5.18. The number of amides is 1. The standard InChI is InChI=1S/C21H22ClNO2/c22-19-8-6-17(7-9-19)20-14-23(10-11-25-20)21(24)13-15-4-5-16-2-1-3-18(16)12-15/h4-9,12,20H,1-3,10-11,13-14H2. The molecular weight excluding hydrogens is 334 g/mol. The molecule has 0 aromatic heterocycles. The number of hydrogen-bond donors (Lipinski definition) is 0. The second kappa shape index (κ2) is 7.19. The summed E-state index contributed by atoms with van der Waals surface area (Å²) in [4.78, 5) is 14.7. The molecular formula is C21H22ClNO2. The Kier molecular flexibility index (Phi) is 4.78. The van der Waals surface area contributed by atoms with E-state index in [1.54, 1.807) is 0 Å². The number of carbonyl (C=O) groups excluding carboxylic acids is 1. The van der Waals surface area contributed by atoms with E-state index in [0.717, 1.165) is 17.5 Å². The molecule has 1 fully saturated rings. The molecule has 2 aliphatic rings. The maximum Gasteiger partial charge on any atom is 0.227 e. The van der Waals surface area contributed by atoms with Gasteiger partial charge in [-0.15, -0.1) is 0 Å². The SMILES string of the molecule is O=C(Cc1ccc2c(c1)CCC2)N1CCOC(c2ccc(Cl)cc2)C1. The Morgan fingerprint density at radius 3 is 2.76 bits per heavy atom. The van der Waals surface area contributed by atoms with Crippen LogP contribution in [0.5, 0.6) is 0 Å². The molecule has 2 aromatic carbocycles. The molecule has 130 valence electrons. The number of nitrogens with zero attached hydrogens (tertiary/aromatic N) is 1. The quantitative estimate of drug-likeness (QED) is 0.833. The molecule has 4 heteroatoms. The van der Waals surface area contributed by atoms with E-state index >= 15 is 0 Å². The number of rotatable bonds is 3. The second-order valence-corrected chi connectivity index (χ2v) is 7.32. The van der Waals surface area contributed by atoms with Crippen LogP contribution in [0.15, 0.2) is 42.5 Å². The highest BCUT2D eigenvalue weighted by Gasteiger charge is 2.25. The summed E-state index contributed by atoms with van der Waals surface area (Å²) in [6.45, 7) is 1.84. The molecule has 4 rings (SSSR count). The molecule has 3 nitrogen and oxygen atoms in total. The molecule has 0 bridgehead atoms. The monoisotopic (exact) mass is 355 g/mol. The van der Waals surface area contributed by atoms with Crippen molar-refractivity contribution >= 4 is 17.5 Å². The van der Waals surface area contributed by atoms with Gasteiger partial charge in [0.15, 0.2) is 0 Å². The van der Waals surface area contributed by atoms with Crippen LogP contribution in [0.25, 0.3) is 0 Å². The normalized spacial score (nSPS) is 19.7. The van der Waals surface area contributed by atoms with Crippen LogP contribution in [0, 0.1) is 0 Å². The van der Waals surface area contributed by atoms with Crippen LogP contribution in [0.3, 0.4) is 0 Å². The average molecular weight is 356 g/mol. The van der Waals surface area contributed by atoms with Gasteiger partial charge in [0.1, 0.15) is 6.10 Å². The molecule has 25 heavy (non-hydrogen) atoms. The van der Waals surface area contributed by atoms with Crippen LogP contribution in [0.2, 0.25) is 5.02 Å². The van der Waals surface area contributed by atoms with Crippen molar-refractivity contribution in [2.24, 2.45) is 0 Å². The minimum Gasteiger partial charge on any atom is -0.370 e. The molecule has 1 saturated heterocycles. The summed E-state index contributed by atoms with van der Waals surface area (Å²) in [5, 5.41) is 0.712. The summed E-state index contributed by atoms with van der Waals surface area (Å²) in [5.74, 6) is 0.181. The lowest BCUT2D eigenvalue weighted by Gasteiger charge is -2.33. The van der Waals surface area contributed by atoms with E-state index in [0.29, 0.717) is 31.1 Å². The van der Waals surface area contributed by atoms with Crippen molar-refractivity contribution in [2.45, 2.75) is 31.8 Å². The number of aryl methyl sites for hydroxylation is 2. The van der Waals surface area contributed by atoms with Crippen LogP contribution < -0.4 is 0 Å². The van der Waals surface area contributed by atoms with E-state index in [4.69, 9.17) is 16.3 Å². The zero-order valence-electron chi connectivity index (χ0n) is 14.2.